The SMILES string of the molecule is CC(=O)Oc1c(C(F)(F)F)cnn1-c1cc(F)ccc1F. The fraction of sp³-hybridized carbons (Fsp3) is 0.167. The van der Waals surface area contributed by atoms with Gasteiger partial charge in [0, 0.05) is 13.0 Å². The molecule has 21 heavy (non-hydrogen) atoms. The highest BCUT2D eigenvalue weighted by atomic mass is 19.4. The molecule has 9 heteroatoms. The zero-order valence-electron chi connectivity index (χ0n) is 10.4. The van der Waals surface area contributed by atoms with Crippen LogP contribution in [0.1, 0.15) is 12.5 Å². The van der Waals surface area contributed by atoms with Gasteiger partial charge in [0.15, 0.2) is 0 Å². The van der Waals surface area contributed by atoms with Gasteiger partial charge in [0.2, 0.25) is 5.88 Å². The number of hydrogen-bond acceptors (Lipinski definition) is 3. The Kier molecular flexibility index (Phi) is 3.67. The second-order valence-electron chi connectivity index (χ2n) is 3.96. The first-order valence-corrected chi connectivity index (χ1v) is 5.49. The van der Waals surface area contributed by atoms with Crippen LogP contribution in [0, 0.1) is 11.6 Å². The van der Waals surface area contributed by atoms with Crippen LogP contribution in [0.3, 0.4) is 0 Å². The molecule has 0 unspecified atom stereocenters. The summed E-state index contributed by atoms with van der Waals surface area (Å²) in [5.74, 6) is -4.00. The number of benzene rings is 1. The van der Waals surface area contributed by atoms with Crippen molar-refractivity contribution in [3.05, 3.63) is 41.6 Å². The van der Waals surface area contributed by atoms with Crippen LogP contribution in [-0.2, 0) is 11.0 Å². The fourth-order valence-corrected chi connectivity index (χ4v) is 1.59. The topological polar surface area (TPSA) is 44.1 Å². The zero-order chi connectivity index (χ0) is 15.8. The predicted molar refractivity (Wildman–Crippen MR) is 59.8 cm³/mol. The van der Waals surface area contributed by atoms with Crippen molar-refractivity contribution in [2.75, 3.05) is 0 Å². The summed E-state index contributed by atoms with van der Waals surface area (Å²) >= 11 is 0. The highest BCUT2D eigenvalue weighted by Gasteiger charge is 2.38. The second-order valence-corrected chi connectivity index (χ2v) is 3.96. The number of rotatable bonds is 2. The van der Waals surface area contributed by atoms with Gasteiger partial charge in [0.05, 0.1) is 6.20 Å². The van der Waals surface area contributed by atoms with Crippen molar-refractivity contribution in [2.45, 2.75) is 13.1 Å². The number of aromatic nitrogens is 2. The molecule has 2 aromatic rings. The molecule has 0 saturated carbocycles. The van der Waals surface area contributed by atoms with Crippen molar-refractivity contribution in [1.82, 2.24) is 9.78 Å². The van der Waals surface area contributed by atoms with Crippen LogP contribution in [0.15, 0.2) is 24.4 Å². The Labute approximate surface area is 114 Å². The molecule has 0 aliphatic rings. The predicted octanol–water partition coefficient (Wildman–Crippen LogP) is 3.09. The number of carbonyl (C=O) groups is 1. The number of halogens is 5. The Morgan fingerprint density at radius 1 is 1.29 bits per heavy atom. The molecule has 0 saturated heterocycles. The summed E-state index contributed by atoms with van der Waals surface area (Å²) in [5.41, 5.74) is -1.98. The second kappa shape index (κ2) is 5.15. The van der Waals surface area contributed by atoms with Crippen LogP contribution < -0.4 is 4.74 Å². The van der Waals surface area contributed by atoms with Crippen LogP contribution >= 0.6 is 0 Å². The lowest BCUT2D eigenvalue weighted by molar-refractivity contribution is -0.141. The van der Waals surface area contributed by atoms with E-state index < -0.39 is 40.9 Å². The molecule has 0 spiro atoms. The summed E-state index contributed by atoms with van der Waals surface area (Å²) in [6.07, 6.45) is -4.50. The summed E-state index contributed by atoms with van der Waals surface area (Å²) in [6, 6.07) is 2.14. The molecule has 0 amide bonds. The van der Waals surface area contributed by atoms with E-state index in [2.05, 4.69) is 9.84 Å². The summed E-state index contributed by atoms with van der Waals surface area (Å²) in [7, 11) is 0. The van der Waals surface area contributed by atoms with E-state index in [1.807, 2.05) is 0 Å². The van der Waals surface area contributed by atoms with Crippen LogP contribution in [0.2, 0.25) is 0 Å². The Morgan fingerprint density at radius 3 is 2.52 bits per heavy atom. The van der Waals surface area contributed by atoms with Crippen molar-refractivity contribution >= 4 is 5.97 Å². The molecule has 2 rings (SSSR count). The van der Waals surface area contributed by atoms with Gasteiger partial charge in [-0.1, -0.05) is 0 Å². The Balaban J connectivity index is 2.66. The molecule has 0 radical (unpaired) electrons. The summed E-state index contributed by atoms with van der Waals surface area (Å²) in [6.45, 7) is 0.874. The maximum absolute atomic E-state index is 13.6. The van der Waals surface area contributed by atoms with E-state index in [9.17, 15) is 26.7 Å². The lowest BCUT2D eigenvalue weighted by Gasteiger charge is -2.11. The molecule has 0 fully saturated rings. The average Bonchev–Trinajstić information content (AvgIpc) is 2.74. The van der Waals surface area contributed by atoms with Crippen molar-refractivity contribution in [3.8, 4) is 11.6 Å². The Morgan fingerprint density at radius 2 is 1.95 bits per heavy atom. The normalized spacial score (nSPS) is 11.5. The smallest absolute Gasteiger partial charge is 0.407 e. The molecule has 0 N–H and O–H groups in total. The van der Waals surface area contributed by atoms with Gasteiger partial charge in [0.1, 0.15) is 22.9 Å². The summed E-state index contributed by atoms with van der Waals surface area (Å²) < 4.78 is 70.0. The minimum atomic E-state index is -4.87. The summed E-state index contributed by atoms with van der Waals surface area (Å²) in [5, 5.41) is 3.32. The summed E-state index contributed by atoms with van der Waals surface area (Å²) in [4.78, 5) is 10.9. The molecular formula is C12H7F5N2O2. The first-order valence-electron chi connectivity index (χ1n) is 5.49. The van der Waals surface area contributed by atoms with Crippen LogP contribution in [0.25, 0.3) is 5.69 Å². The molecule has 1 aromatic carbocycles. The van der Waals surface area contributed by atoms with Crippen molar-refractivity contribution in [2.24, 2.45) is 0 Å². The maximum atomic E-state index is 13.6. The third-order valence-corrected chi connectivity index (χ3v) is 2.41. The van der Waals surface area contributed by atoms with Gasteiger partial charge in [-0.3, -0.25) is 4.79 Å². The minimum Gasteiger partial charge on any atom is -0.407 e. The van der Waals surface area contributed by atoms with Gasteiger partial charge in [0.25, 0.3) is 0 Å². The number of carbonyl (C=O) groups excluding carboxylic acids is 1. The van der Waals surface area contributed by atoms with Gasteiger partial charge in [-0.15, -0.1) is 0 Å². The van der Waals surface area contributed by atoms with Gasteiger partial charge in [-0.2, -0.15) is 23.0 Å². The number of esters is 1. The Hall–Kier alpha value is -2.45. The molecule has 1 heterocycles. The van der Waals surface area contributed by atoms with E-state index >= 15 is 0 Å². The number of hydrogen-bond donors (Lipinski definition) is 0. The lowest BCUT2D eigenvalue weighted by Crippen LogP contribution is -2.13. The molecule has 4 nitrogen and oxygen atoms in total. The average molecular weight is 306 g/mol. The molecule has 0 atom stereocenters. The zero-order valence-corrected chi connectivity index (χ0v) is 10.4. The first-order chi connectivity index (χ1) is 9.70. The molecule has 0 aliphatic carbocycles. The standard InChI is InChI=1S/C12H7F5N2O2/c1-6(20)21-11-8(12(15,16)17)5-18-19(11)10-4-7(13)2-3-9(10)14/h2-5H,1H3. The minimum absolute atomic E-state index is 0.364. The number of ether oxygens (including phenoxy) is 1. The molecule has 0 aliphatic heterocycles. The molecule has 1 aromatic heterocycles. The van der Waals surface area contributed by atoms with Crippen LogP contribution in [0.4, 0.5) is 22.0 Å². The lowest BCUT2D eigenvalue weighted by atomic mass is 10.3. The maximum Gasteiger partial charge on any atom is 0.423 e. The van der Waals surface area contributed by atoms with E-state index in [1.165, 1.54) is 0 Å². The van der Waals surface area contributed by atoms with Crippen molar-refractivity contribution < 1.29 is 31.5 Å². The van der Waals surface area contributed by atoms with Gasteiger partial charge >= 0.3 is 12.1 Å². The largest absolute Gasteiger partial charge is 0.423 e. The Bertz CT molecular complexity index is 693. The highest BCUT2D eigenvalue weighted by Crippen LogP contribution is 2.37. The van der Waals surface area contributed by atoms with Crippen LogP contribution in [0.5, 0.6) is 5.88 Å². The van der Waals surface area contributed by atoms with E-state index in [0.29, 0.717) is 16.9 Å². The van der Waals surface area contributed by atoms with Gasteiger partial charge in [-0.25, -0.2) is 8.78 Å². The van der Waals surface area contributed by atoms with Crippen LogP contribution in [-0.4, -0.2) is 15.7 Å². The third kappa shape index (κ3) is 3.01. The molecular weight excluding hydrogens is 299 g/mol. The number of nitrogens with zero attached hydrogens (tertiary/aromatic N) is 2. The van der Waals surface area contributed by atoms with E-state index in [-0.39, 0.29) is 0 Å². The van der Waals surface area contributed by atoms with E-state index in [0.717, 1.165) is 19.1 Å². The highest BCUT2D eigenvalue weighted by molar-refractivity contribution is 5.69. The van der Waals surface area contributed by atoms with Gasteiger partial charge < -0.3 is 4.74 Å². The first kappa shape index (κ1) is 14.9. The number of alkyl halides is 3. The van der Waals surface area contributed by atoms with E-state index in [4.69, 9.17) is 0 Å². The molecule has 0 bridgehead atoms. The van der Waals surface area contributed by atoms with Gasteiger partial charge in [-0.05, 0) is 12.1 Å². The third-order valence-electron chi connectivity index (χ3n) is 2.41. The monoisotopic (exact) mass is 306 g/mol. The fourth-order valence-electron chi connectivity index (χ4n) is 1.59. The molecule has 112 valence electrons. The van der Waals surface area contributed by atoms with Crippen molar-refractivity contribution in [3.63, 3.8) is 0 Å². The van der Waals surface area contributed by atoms with Crippen molar-refractivity contribution in [1.29, 1.82) is 0 Å². The van der Waals surface area contributed by atoms with E-state index in [1.54, 1.807) is 0 Å². The quantitative estimate of drug-likeness (QED) is 0.632.